The van der Waals surface area contributed by atoms with Gasteiger partial charge in [-0.3, -0.25) is 19.2 Å². The van der Waals surface area contributed by atoms with Crippen molar-refractivity contribution in [1.82, 2.24) is 5.32 Å². The first-order valence-electron chi connectivity index (χ1n) is 8.45. The fraction of sp³-hybridized carbons (Fsp3) is 0.300. The highest BCUT2D eigenvalue weighted by Crippen LogP contribution is 2.39. The van der Waals surface area contributed by atoms with Crippen LogP contribution in [0, 0.1) is 0 Å². The zero-order chi connectivity index (χ0) is 18.7. The van der Waals surface area contributed by atoms with Crippen LogP contribution in [0.5, 0.6) is 0 Å². The van der Waals surface area contributed by atoms with Crippen molar-refractivity contribution >= 4 is 29.0 Å². The largest absolute Gasteiger partial charge is 0.469 e. The number of ether oxygens (including phenoxy) is 1. The minimum atomic E-state index is -0.366. The van der Waals surface area contributed by atoms with Gasteiger partial charge in [0, 0.05) is 42.9 Å². The van der Waals surface area contributed by atoms with E-state index in [9.17, 15) is 19.2 Å². The van der Waals surface area contributed by atoms with Crippen LogP contribution in [0.25, 0.3) is 5.57 Å². The minimum absolute atomic E-state index is 0.0159. The number of methoxy groups -OCH3 is 1. The maximum atomic E-state index is 12.3. The molecule has 0 heterocycles. The number of Topliss-reactive ketones (excluding diaryl/α,β-unsaturated/α-hetero) is 1. The molecule has 1 aromatic carbocycles. The lowest BCUT2D eigenvalue weighted by Crippen LogP contribution is -2.29. The Kier molecular flexibility index (Phi) is 5.11. The molecule has 0 radical (unpaired) electrons. The summed E-state index contributed by atoms with van der Waals surface area (Å²) in [5, 5.41) is 2.78. The number of hydrogen-bond donors (Lipinski definition) is 1. The Labute approximate surface area is 150 Å². The zero-order valence-corrected chi connectivity index (χ0v) is 14.5. The van der Waals surface area contributed by atoms with E-state index in [2.05, 4.69) is 10.1 Å². The summed E-state index contributed by atoms with van der Waals surface area (Å²) in [6.07, 6.45) is 2.46. The summed E-state index contributed by atoms with van der Waals surface area (Å²) < 4.78 is 4.55. The Morgan fingerprint density at radius 2 is 1.81 bits per heavy atom. The number of carbonyl (C=O) groups is 4. The van der Waals surface area contributed by atoms with E-state index in [1.807, 2.05) is 12.1 Å². The zero-order valence-electron chi connectivity index (χ0n) is 14.5. The summed E-state index contributed by atoms with van der Waals surface area (Å²) >= 11 is 0. The SMILES string of the molecule is COC(=O)CCCC(=O)NC1=CC(=O)CC2=C1c1ccccc1C(=O)C2. The number of benzene rings is 1. The quantitative estimate of drug-likeness (QED) is 0.821. The molecule has 134 valence electrons. The molecule has 1 amide bonds. The Balaban J connectivity index is 1.81. The number of amides is 1. The van der Waals surface area contributed by atoms with Gasteiger partial charge in [0.25, 0.3) is 0 Å². The highest BCUT2D eigenvalue weighted by molar-refractivity contribution is 6.13. The van der Waals surface area contributed by atoms with Crippen molar-refractivity contribution < 1.29 is 23.9 Å². The average Bonchev–Trinajstić information content (AvgIpc) is 2.61. The minimum Gasteiger partial charge on any atom is -0.469 e. The fourth-order valence-electron chi connectivity index (χ4n) is 3.30. The molecule has 0 unspecified atom stereocenters. The van der Waals surface area contributed by atoms with Gasteiger partial charge < -0.3 is 10.1 Å². The molecule has 1 N–H and O–H groups in total. The van der Waals surface area contributed by atoms with E-state index >= 15 is 0 Å². The molecular formula is C20H19NO5. The molecule has 26 heavy (non-hydrogen) atoms. The molecule has 0 saturated carbocycles. The maximum absolute atomic E-state index is 12.3. The van der Waals surface area contributed by atoms with Crippen LogP contribution in [0.4, 0.5) is 0 Å². The van der Waals surface area contributed by atoms with Crippen molar-refractivity contribution in [2.24, 2.45) is 0 Å². The number of esters is 1. The average molecular weight is 353 g/mol. The van der Waals surface area contributed by atoms with Crippen LogP contribution >= 0.6 is 0 Å². The molecule has 3 rings (SSSR count). The lowest BCUT2D eigenvalue weighted by Gasteiger charge is -2.27. The number of nitrogens with one attached hydrogen (secondary N) is 1. The summed E-state index contributed by atoms with van der Waals surface area (Å²) in [7, 11) is 1.30. The van der Waals surface area contributed by atoms with Crippen molar-refractivity contribution in [3.63, 3.8) is 0 Å². The van der Waals surface area contributed by atoms with E-state index in [-0.39, 0.29) is 49.1 Å². The molecular weight excluding hydrogens is 334 g/mol. The Bertz CT molecular complexity index is 863. The van der Waals surface area contributed by atoms with Gasteiger partial charge in [-0.2, -0.15) is 0 Å². The molecule has 0 saturated heterocycles. The van der Waals surface area contributed by atoms with Gasteiger partial charge in [-0.25, -0.2) is 0 Å². The first-order chi connectivity index (χ1) is 12.5. The van der Waals surface area contributed by atoms with Gasteiger partial charge in [-0.15, -0.1) is 0 Å². The van der Waals surface area contributed by atoms with Crippen molar-refractivity contribution in [2.45, 2.75) is 32.1 Å². The molecule has 6 heteroatoms. The highest BCUT2D eigenvalue weighted by Gasteiger charge is 2.31. The number of fused-ring (bicyclic) bond motifs is 2. The molecule has 0 atom stereocenters. The van der Waals surface area contributed by atoms with Crippen LogP contribution in [0.3, 0.4) is 0 Å². The lowest BCUT2D eigenvalue weighted by molar-refractivity contribution is -0.140. The van der Waals surface area contributed by atoms with Crippen molar-refractivity contribution in [3.8, 4) is 0 Å². The molecule has 2 aliphatic carbocycles. The maximum Gasteiger partial charge on any atom is 0.305 e. The predicted molar refractivity (Wildman–Crippen MR) is 94.0 cm³/mol. The molecule has 0 aromatic heterocycles. The van der Waals surface area contributed by atoms with Crippen molar-refractivity contribution in [3.05, 3.63) is 52.7 Å². The smallest absolute Gasteiger partial charge is 0.305 e. The molecule has 0 bridgehead atoms. The van der Waals surface area contributed by atoms with E-state index < -0.39 is 0 Å². The first kappa shape index (κ1) is 17.8. The third-order valence-corrected chi connectivity index (χ3v) is 4.47. The van der Waals surface area contributed by atoms with E-state index in [1.165, 1.54) is 13.2 Å². The number of hydrogen-bond acceptors (Lipinski definition) is 5. The lowest BCUT2D eigenvalue weighted by atomic mass is 9.79. The van der Waals surface area contributed by atoms with Crippen LogP contribution in [0.2, 0.25) is 0 Å². The van der Waals surface area contributed by atoms with Crippen molar-refractivity contribution in [2.75, 3.05) is 7.11 Å². The Morgan fingerprint density at radius 3 is 2.54 bits per heavy atom. The highest BCUT2D eigenvalue weighted by atomic mass is 16.5. The van der Waals surface area contributed by atoms with Gasteiger partial charge in [0.05, 0.1) is 12.8 Å². The predicted octanol–water partition coefficient (Wildman–Crippen LogP) is 2.34. The Hall–Kier alpha value is -3.02. The van der Waals surface area contributed by atoms with Gasteiger partial charge in [0.15, 0.2) is 11.6 Å². The second kappa shape index (κ2) is 7.47. The van der Waals surface area contributed by atoms with Crippen LogP contribution in [0.1, 0.15) is 48.0 Å². The number of carbonyl (C=O) groups excluding carboxylic acids is 4. The van der Waals surface area contributed by atoms with Crippen LogP contribution in [-0.2, 0) is 19.1 Å². The van der Waals surface area contributed by atoms with E-state index in [0.29, 0.717) is 17.7 Å². The summed E-state index contributed by atoms with van der Waals surface area (Å²) in [5.41, 5.74) is 3.28. The fourth-order valence-corrected chi connectivity index (χ4v) is 3.30. The second-order valence-electron chi connectivity index (χ2n) is 6.30. The normalized spacial score (nSPS) is 15.8. The topological polar surface area (TPSA) is 89.5 Å². The molecule has 0 spiro atoms. The van der Waals surface area contributed by atoms with Gasteiger partial charge in [0.2, 0.25) is 5.91 Å². The summed E-state index contributed by atoms with van der Waals surface area (Å²) in [6, 6.07) is 7.21. The number of ketones is 2. The standard InChI is InChI=1S/C20H19NO5/c1-26-19(25)8-4-7-18(24)21-16-11-13(22)9-12-10-17(23)14-5-2-3-6-15(14)20(12)16/h2-3,5-6,11H,4,7-10H2,1H3,(H,21,24). The van der Waals surface area contributed by atoms with Gasteiger partial charge in [-0.1, -0.05) is 24.3 Å². The third-order valence-electron chi connectivity index (χ3n) is 4.47. The van der Waals surface area contributed by atoms with E-state index in [0.717, 1.165) is 16.7 Å². The molecule has 0 fully saturated rings. The van der Waals surface area contributed by atoms with E-state index in [1.54, 1.807) is 12.1 Å². The molecule has 2 aliphatic rings. The Morgan fingerprint density at radius 1 is 1.08 bits per heavy atom. The van der Waals surface area contributed by atoms with Gasteiger partial charge >= 0.3 is 5.97 Å². The summed E-state index contributed by atoms with van der Waals surface area (Å²) in [5.74, 6) is -0.802. The van der Waals surface area contributed by atoms with E-state index in [4.69, 9.17) is 0 Å². The first-order valence-corrected chi connectivity index (χ1v) is 8.45. The summed E-state index contributed by atoms with van der Waals surface area (Å²) in [6.45, 7) is 0. The third kappa shape index (κ3) is 3.64. The number of allylic oxidation sites excluding steroid dienone is 3. The molecule has 6 nitrogen and oxygen atoms in total. The molecule has 1 aromatic rings. The number of rotatable bonds is 5. The van der Waals surface area contributed by atoms with Crippen LogP contribution < -0.4 is 5.32 Å². The van der Waals surface area contributed by atoms with Gasteiger partial charge in [-0.05, 0) is 17.6 Å². The molecule has 0 aliphatic heterocycles. The summed E-state index contributed by atoms with van der Waals surface area (Å²) in [4.78, 5) is 47.7. The second-order valence-corrected chi connectivity index (χ2v) is 6.30. The monoisotopic (exact) mass is 353 g/mol. The van der Waals surface area contributed by atoms with Crippen molar-refractivity contribution in [1.29, 1.82) is 0 Å². The van der Waals surface area contributed by atoms with Crippen LogP contribution in [-0.4, -0.2) is 30.6 Å². The van der Waals surface area contributed by atoms with Crippen LogP contribution in [0.15, 0.2) is 41.6 Å². The van der Waals surface area contributed by atoms with Gasteiger partial charge in [0.1, 0.15) is 0 Å².